The molecule has 0 saturated carbocycles. The zero-order chi connectivity index (χ0) is 15.6. The summed E-state index contributed by atoms with van der Waals surface area (Å²) in [6.07, 6.45) is 3.15. The van der Waals surface area contributed by atoms with Gasteiger partial charge in [0.2, 0.25) is 0 Å². The van der Waals surface area contributed by atoms with Crippen LogP contribution in [0, 0.1) is 0 Å². The molecule has 22 heavy (non-hydrogen) atoms. The van der Waals surface area contributed by atoms with Crippen LogP contribution in [-0.2, 0) is 22.6 Å². The van der Waals surface area contributed by atoms with Crippen LogP contribution in [0.3, 0.4) is 0 Å². The van der Waals surface area contributed by atoms with Crippen LogP contribution in [0.25, 0.3) is 0 Å². The fourth-order valence-electron chi connectivity index (χ4n) is 1.81. The van der Waals surface area contributed by atoms with Crippen molar-refractivity contribution in [2.75, 3.05) is 6.61 Å². The van der Waals surface area contributed by atoms with Gasteiger partial charge in [0, 0.05) is 6.61 Å². The van der Waals surface area contributed by atoms with Crippen LogP contribution in [0.1, 0.15) is 11.1 Å². The highest BCUT2D eigenvalue weighted by atomic mass is 16.5. The summed E-state index contributed by atoms with van der Waals surface area (Å²) in [6.45, 7) is 0.354. The molecule has 2 rings (SSSR count). The molecule has 0 amide bonds. The normalized spacial score (nSPS) is 10.6. The Labute approximate surface area is 129 Å². The van der Waals surface area contributed by atoms with Gasteiger partial charge in [-0.05, 0) is 29.7 Å². The van der Waals surface area contributed by atoms with Crippen molar-refractivity contribution in [2.45, 2.75) is 13.0 Å². The minimum Gasteiger partial charge on any atom is -0.465 e. The maximum atomic E-state index is 11.5. The molecule has 4 heteroatoms. The summed E-state index contributed by atoms with van der Waals surface area (Å²) >= 11 is 0. The molecule has 0 spiro atoms. The van der Waals surface area contributed by atoms with Crippen LogP contribution in [0.15, 0.2) is 66.9 Å². The van der Waals surface area contributed by atoms with Crippen LogP contribution in [0.5, 0.6) is 5.75 Å². The van der Waals surface area contributed by atoms with Gasteiger partial charge in [-0.1, -0.05) is 42.5 Å². The van der Waals surface area contributed by atoms with Gasteiger partial charge >= 0.3 is 5.97 Å². The van der Waals surface area contributed by atoms with E-state index >= 15 is 0 Å². The second kappa shape index (κ2) is 8.64. The maximum absolute atomic E-state index is 11.5. The Morgan fingerprint density at radius 2 is 1.73 bits per heavy atom. The van der Waals surface area contributed by atoms with Gasteiger partial charge in [-0.3, -0.25) is 0 Å². The van der Waals surface area contributed by atoms with Crippen LogP contribution in [0.2, 0.25) is 0 Å². The Bertz CT molecular complexity index is 603. The lowest BCUT2D eigenvalue weighted by Gasteiger charge is -2.03. The molecule has 4 nitrogen and oxygen atoms in total. The SMILES string of the molecule is O=C(/C=C/Oc1ccc(CCO)cc1)OCc1ccccc1. The van der Waals surface area contributed by atoms with Gasteiger partial charge in [-0.2, -0.15) is 0 Å². The van der Waals surface area contributed by atoms with Gasteiger partial charge < -0.3 is 14.6 Å². The minimum atomic E-state index is -0.458. The lowest BCUT2D eigenvalue weighted by atomic mass is 10.1. The van der Waals surface area contributed by atoms with E-state index in [1.54, 1.807) is 12.1 Å². The highest BCUT2D eigenvalue weighted by Crippen LogP contribution is 2.12. The smallest absolute Gasteiger partial charge is 0.334 e. The predicted molar refractivity (Wildman–Crippen MR) is 83.2 cm³/mol. The average molecular weight is 298 g/mol. The average Bonchev–Trinajstić information content (AvgIpc) is 2.56. The van der Waals surface area contributed by atoms with Gasteiger partial charge in [-0.15, -0.1) is 0 Å². The number of benzene rings is 2. The minimum absolute atomic E-state index is 0.118. The van der Waals surface area contributed by atoms with E-state index in [1.165, 1.54) is 12.3 Å². The topological polar surface area (TPSA) is 55.8 Å². The Kier molecular flexibility index (Phi) is 6.20. The molecule has 0 atom stereocenters. The van der Waals surface area contributed by atoms with Crippen molar-refractivity contribution in [1.29, 1.82) is 0 Å². The van der Waals surface area contributed by atoms with E-state index in [2.05, 4.69) is 0 Å². The first-order valence-electron chi connectivity index (χ1n) is 7.01. The third-order valence-electron chi connectivity index (χ3n) is 2.96. The first-order valence-corrected chi connectivity index (χ1v) is 7.01. The molecule has 0 heterocycles. The maximum Gasteiger partial charge on any atom is 0.334 e. The van der Waals surface area contributed by atoms with Gasteiger partial charge in [-0.25, -0.2) is 4.79 Å². The summed E-state index contributed by atoms with van der Waals surface area (Å²) in [4.78, 5) is 11.5. The van der Waals surface area contributed by atoms with Gasteiger partial charge in [0.1, 0.15) is 12.4 Å². The molecule has 0 aliphatic rings. The number of esters is 1. The lowest BCUT2D eigenvalue weighted by molar-refractivity contribution is -0.139. The Morgan fingerprint density at radius 3 is 2.41 bits per heavy atom. The number of ether oxygens (including phenoxy) is 2. The first kappa shape index (κ1) is 15.8. The summed E-state index contributed by atoms with van der Waals surface area (Å²) < 4.78 is 10.4. The lowest BCUT2D eigenvalue weighted by Crippen LogP contribution is -2.01. The number of aliphatic hydroxyl groups is 1. The Balaban J connectivity index is 1.75. The number of aliphatic hydroxyl groups excluding tert-OH is 1. The van der Waals surface area contributed by atoms with Gasteiger partial charge in [0.05, 0.1) is 12.3 Å². The molecule has 0 aromatic heterocycles. The molecule has 114 valence electrons. The van der Waals surface area contributed by atoms with Crippen LogP contribution in [-0.4, -0.2) is 17.7 Å². The zero-order valence-corrected chi connectivity index (χ0v) is 12.1. The number of hydrogen-bond donors (Lipinski definition) is 1. The second-order valence-electron chi connectivity index (χ2n) is 4.63. The molecule has 0 saturated heterocycles. The third kappa shape index (κ3) is 5.42. The van der Waals surface area contributed by atoms with Crippen molar-refractivity contribution >= 4 is 5.97 Å². The Morgan fingerprint density at radius 1 is 1.00 bits per heavy atom. The van der Waals surface area contributed by atoms with E-state index in [4.69, 9.17) is 14.6 Å². The van der Waals surface area contributed by atoms with Crippen molar-refractivity contribution in [3.8, 4) is 5.75 Å². The van der Waals surface area contributed by atoms with Crippen molar-refractivity contribution in [1.82, 2.24) is 0 Å². The van der Waals surface area contributed by atoms with Crippen LogP contribution in [0.4, 0.5) is 0 Å². The van der Waals surface area contributed by atoms with E-state index in [0.29, 0.717) is 12.2 Å². The van der Waals surface area contributed by atoms with E-state index in [-0.39, 0.29) is 13.2 Å². The third-order valence-corrected chi connectivity index (χ3v) is 2.96. The highest BCUT2D eigenvalue weighted by Gasteiger charge is 1.99. The molecule has 0 bridgehead atoms. The van der Waals surface area contributed by atoms with E-state index < -0.39 is 5.97 Å². The quantitative estimate of drug-likeness (QED) is 0.485. The summed E-state index contributed by atoms with van der Waals surface area (Å²) in [7, 11) is 0. The summed E-state index contributed by atoms with van der Waals surface area (Å²) in [5, 5.41) is 8.83. The van der Waals surface area contributed by atoms with Crippen molar-refractivity contribution in [2.24, 2.45) is 0 Å². The van der Waals surface area contributed by atoms with Gasteiger partial charge in [0.25, 0.3) is 0 Å². The zero-order valence-electron chi connectivity index (χ0n) is 12.1. The molecular weight excluding hydrogens is 280 g/mol. The van der Waals surface area contributed by atoms with E-state index in [1.807, 2.05) is 42.5 Å². The summed E-state index contributed by atoms with van der Waals surface area (Å²) in [5.41, 5.74) is 1.96. The second-order valence-corrected chi connectivity index (χ2v) is 4.63. The number of carbonyl (C=O) groups is 1. The molecule has 2 aromatic rings. The highest BCUT2D eigenvalue weighted by molar-refractivity contribution is 5.81. The van der Waals surface area contributed by atoms with E-state index in [0.717, 1.165) is 11.1 Å². The van der Waals surface area contributed by atoms with Gasteiger partial charge in [0.15, 0.2) is 0 Å². The summed E-state index contributed by atoms with van der Waals surface area (Å²) in [5.74, 6) is 0.162. The molecule has 0 radical (unpaired) electrons. The Hall–Kier alpha value is -2.59. The molecule has 0 aliphatic heterocycles. The van der Waals surface area contributed by atoms with Crippen molar-refractivity contribution in [3.63, 3.8) is 0 Å². The standard InChI is InChI=1S/C18H18O4/c19-12-10-15-6-8-17(9-7-15)21-13-11-18(20)22-14-16-4-2-1-3-5-16/h1-9,11,13,19H,10,12,14H2/b13-11+. The fourth-order valence-corrected chi connectivity index (χ4v) is 1.81. The number of hydrogen-bond acceptors (Lipinski definition) is 4. The predicted octanol–water partition coefficient (Wildman–Crippen LogP) is 2.86. The summed E-state index contributed by atoms with van der Waals surface area (Å²) in [6, 6.07) is 16.8. The van der Waals surface area contributed by atoms with Crippen LogP contribution < -0.4 is 4.74 Å². The molecular formula is C18H18O4. The van der Waals surface area contributed by atoms with Crippen molar-refractivity contribution in [3.05, 3.63) is 78.1 Å². The fraction of sp³-hybridized carbons (Fsp3) is 0.167. The largest absolute Gasteiger partial charge is 0.465 e. The van der Waals surface area contributed by atoms with E-state index in [9.17, 15) is 4.79 Å². The van der Waals surface area contributed by atoms with Crippen molar-refractivity contribution < 1.29 is 19.4 Å². The molecule has 0 aliphatic carbocycles. The van der Waals surface area contributed by atoms with Crippen LogP contribution >= 0.6 is 0 Å². The first-order chi connectivity index (χ1) is 10.8. The monoisotopic (exact) mass is 298 g/mol. The molecule has 1 N–H and O–H groups in total. The molecule has 0 fully saturated rings. The molecule has 0 unspecified atom stereocenters. The molecule has 2 aromatic carbocycles. The number of rotatable bonds is 7. The number of carbonyl (C=O) groups excluding carboxylic acids is 1.